The van der Waals surface area contributed by atoms with Gasteiger partial charge in [-0.1, -0.05) is 85.5 Å². The molecule has 4 nitrogen and oxygen atoms in total. The molecule has 0 amide bonds. The molecule has 0 rings (SSSR count). The molecule has 0 saturated heterocycles. The van der Waals surface area contributed by atoms with E-state index in [9.17, 15) is 0 Å². The molecule has 0 aliphatic carbocycles. The molecule has 0 unspecified atom stereocenters. The molecule has 0 bridgehead atoms. The van der Waals surface area contributed by atoms with Crippen molar-refractivity contribution in [2.75, 3.05) is 26.6 Å². The van der Waals surface area contributed by atoms with Gasteiger partial charge in [-0.05, 0) is 25.7 Å². The average Bonchev–Trinajstić information content (AvgIpc) is 2.70. The molecule has 0 atom stereocenters. The van der Waals surface area contributed by atoms with Gasteiger partial charge in [0.05, 0.1) is 19.8 Å². The maximum Gasteiger partial charge on any atom is 0.321 e. The van der Waals surface area contributed by atoms with Gasteiger partial charge in [-0.15, -0.1) is 0 Å². The summed E-state index contributed by atoms with van der Waals surface area (Å²) >= 11 is 0. The average molecular weight is 401 g/mol. The van der Waals surface area contributed by atoms with Crippen LogP contribution in [0.1, 0.15) is 118 Å². The molecule has 0 radical (unpaired) electrons. The van der Waals surface area contributed by atoms with E-state index in [0.717, 1.165) is 63.9 Å². The lowest BCUT2D eigenvalue weighted by Crippen LogP contribution is -2.10. The Hall–Kier alpha value is -0.900. The fraction of sp³-hybridized carbons (Fsp3) is 0.917. The van der Waals surface area contributed by atoms with Gasteiger partial charge in [0.25, 0.3) is 0 Å². The molecule has 4 heteroatoms. The van der Waals surface area contributed by atoms with Crippen molar-refractivity contribution in [3.63, 3.8) is 0 Å². The Morgan fingerprint density at radius 3 is 1.75 bits per heavy atom. The second kappa shape index (κ2) is 22.4. The van der Waals surface area contributed by atoms with Gasteiger partial charge in [0.2, 0.25) is 0 Å². The zero-order valence-corrected chi connectivity index (χ0v) is 19.4. The van der Waals surface area contributed by atoms with Crippen molar-refractivity contribution in [2.45, 2.75) is 118 Å². The first kappa shape index (κ1) is 27.1. The molecule has 0 fully saturated rings. The standard InChI is InChI=1S/C24H48O4/c1-5-9-13-14-15-17-19-25-22-28-24(27-21-12-8-4)23(18-16-10-6-2)26-20-11-7-3/h5-22H2,1-4H3. The van der Waals surface area contributed by atoms with Crippen LogP contribution in [0.3, 0.4) is 0 Å². The summed E-state index contributed by atoms with van der Waals surface area (Å²) in [4.78, 5) is 0. The zero-order valence-electron chi connectivity index (χ0n) is 19.4. The number of unbranched alkanes of at least 4 members (excludes halogenated alkanes) is 9. The normalized spacial score (nSPS) is 12.0. The lowest BCUT2D eigenvalue weighted by molar-refractivity contribution is -0.0844. The number of allylic oxidation sites excluding steroid dienone is 1. The molecule has 0 N–H and O–H groups in total. The predicted octanol–water partition coefficient (Wildman–Crippen LogP) is 7.72. The van der Waals surface area contributed by atoms with E-state index >= 15 is 0 Å². The number of ether oxygens (including phenoxy) is 4. The van der Waals surface area contributed by atoms with Crippen LogP contribution in [-0.4, -0.2) is 26.6 Å². The molecule has 0 saturated carbocycles. The Bertz CT molecular complexity index is 329. The number of rotatable bonds is 22. The molecular formula is C24H48O4. The summed E-state index contributed by atoms with van der Waals surface area (Å²) in [6.07, 6.45) is 16.2. The second-order valence-electron chi connectivity index (χ2n) is 7.51. The van der Waals surface area contributed by atoms with Crippen LogP contribution >= 0.6 is 0 Å². The molecule has 0 spiro atoms. The molecule has 0 aliphatic rings. The van der Waals surface area contributed by atoms with Crippen molar-refractivity contribution in [1.29, 1.82) is 0 Å². The molecule has 0 aliphatic heterocycles. The predicted molar refractivity (Wildman–Crippen MR) is 118 cm³/mol. The molecule has 0 heterocycles. The van der Waals surface area contributed by atoms with Crippen LogP contribution < -0.4 is 0 Å². The molecule has 0 aromatic heterocycles. The highest BCUT2D eigenvalue weighted by Crippen LogP contribution is 2.19. The maximum absolute atomic E-state index is 6.03. The van der Waals surface area contributed by atoms with E-state index in [-0.39, 0.29) is 6.79 Å². The summed E-state index contributed by atoms with van der Waals surface area (Å²) in [5.41, 5.74) is 0. The smallest absolute Gasteiger partial charge is 0.321 e. The Kier molecular flexibility index (Phi) is 21.7. The van der Waals surface area contributed by atoms with E-state index in [1.165, 1.54) is 44.9 Å². The monoisotopic (exact) mass is 400 g/mol. The van der Waals surface area contributed by atoms with Crippen molar-refractivity contribution < 1.29 is 18.9 Å². The highest BCUT2D eigenvalue weighted by Gasteiger charge is 2.13. The first-order valence-electron chi connectivity index (χ1n) is 12.0. The summed E-state index contributed by atoms with van der Waals surface area (Å²) < 4.78 is 23.5. The van der Waals surface area contributed by atoms with E-state index in [1.807, 2.05) is 0 Å². The summed E-state index contributed by atoms with van der Waals surface area (Å²) in [7, 11) is 0. The lowest BCUT2D eigenvalue weighted by Gasteiger charge is -2.18. The first-order valence-corrected chi connectivity index (χ1v) is 12.0. The van der Waals surface area contributed by atoms with Crippen molar-refractivity contribution in [3.8, 4) is 0 Å². The van der Waals surface area contributed by atoms with Crippen molar-refractivity contribution in [2.24, 2.45) is 0 Å². The lowest BCUT2D eigenvalue weighted by atomic mass is 10.1. The third-order valence-electron chi connectivity index (χ3n) is 4.66. The molecule has 0 aromatic carbocycles. The summed E-state index contributed by atoms with van der Waals surface area (Å²) in [6.45, 7) is 11.2. The molecular weight excluding hydrogens is 352 g/mol. The van der Waals surface area contributed by atoms with E-state index in [4.69, 9.17) is 18.9 Å². The van der Waals surface area contributed by atoms with Crippen molar-refractivity contribution in [3.05, 3.63) is 11.7 Å². The van der Waals surface area contributed by atoms with Crippen molar-refractivity contribution >= 4 is 0 Å². The topological polar surface area (TPSA) is 36.9 Å². The first-order chi connectivity index (χ1) is 13.8. The van der Waals surface area contributed by atoms with Gasteiger partial charge in [-0.2, -0.15) is 0 Å². The van der Waals surface area contributed by atoms with Gasteiger partial charge in [0.1, 0.15) is 0 Å². The Balaban J connectivity index is 4.44. The van der Waals surface area contributed by atoms with Gasteiger partial charge < -0.3 is 18.9 Å². The van der Waals surface area contributed by atoms with Crippen LogP contribution in [0.5, 0.6) is 0 Å². The van der Waals surface area contributed by atoms with Gasteiger partial charge >= 0.3 is 5.95 Å². The quantitative estimate of drug-likeness (QED) is 0.106. The minimum Gasteiger partial charge on any atom is -0.491 e. The van der Waals surface area contributed by atoms with E-state index in [1.54, 1.807) is 0 Å². The van der Waals surface area contributed by atoms with Crippen LogP contribution in [0.4, 0.5) is 0 Å². The van der Waals surface area contributed by atoms with Gasteiger partial charge in [0, 0.05) is 6.42 Å². The van der Waals surface area contributed by atoms with E-state index in [0.29, 0.717) is 12.6 Å². The maximum atomic E-state index is 6.03. The minimum absolute atomic E-state index is 0.241. The minimum atomic E-state index is 0.241. The van der Waals surface area contributed by atoms with Gasteiger partial charge in [-0.25, -0.2) is 0 Å². The zero-order chi connectivity index (χ0) is 20.7. The summed E-state index contributed by atoms with van der Waals surface area (Å²) in [6, 6.07) is 0. The summed E-state index contributed by atoms with van der Waals surface area (Å²) in [5, 5.41) is 0. The Morgan fingerprint density at radius 2 is 1.07 bits per heavy atom. The molecule has 0 aromatic rings. The van der Waals surface area contributed by atoms with E-state index < -0.39 is 0 Å². The van der Waals surface area contributed by atoms with E-state index in [2.05, 4.69) is 27.7 Å². The third-order valence-corrected chi connectivity index (χ3v) is 4.66. The highest BCUT2D eigenvalue weighted by molar-refractivity contribution is 4.95. The highest BCUT2D eigenvalue weighted by atomic mass is 16.7. The van der Waals surface area contributed by atoms with Gasteiger partial charge in [-0.3, -0.25) is 0 Å². The fourth-order valence-electron chi connectivity index (χ4n) is 2.76. The molecule has 28 heavy (non-hydrogen) atoms. The largest absolute Gasteiger partial charge is 0.491 e. The fourth-order valence-corrected chi connectivity index (χ4v) is 2.76. The third kappa shape index (κ3) is 17.2. The second-order valence-corrected chi connectivity index (χ2v) is 7.51. The number of hydrogen-bond acceptors (Lipinski definition) is 4. The molecule has 168 valence electrons. The summed E-state index contributed by atoms with van der Waals surface area (Å²) in [5.74, 6) is 1.41. The van der Waals surface area contributed by atoms with Crippen LogP contribution in [0, 0.1) is 0 Å². The Labute approximate surface area is 175 Å². The van der Waals surface area contributed by atoms with Crippen LogP contribution in [0.25, 0.3) is 0 Å². The SMILES string of the molecule is CCCCCCCCOCOC(OCCCC)=C(CCCCC)OCCCC. The van der Waals surface area contributed by atoms with Crippen LogP contribution in [0.15, 0.2) is 11.7 Å². The Morgan fingerprint density at radius 1 is 0.500 bits per heavy atom. The van der Waals surface area contributed by atoms with Gasteiger partial charge in [0.15, 0.2) is 12.6 Å². The van der Waals surface area contributed by atoms with Crippen LogP contribution in [-0.2, 0) is 18.9 Å². The van der Waals surface area contributed by atoms with Crippen molar-refractivity contribution in [1.82, 2.24) is 0 Å². The number of hydrogen-bond donors (Lipinski definition) is 0. The van der Waals surface area contributed by atoms with Crippen LogP contribution in [0.2, 0.25) is 0 Å².